The quantitative estimate of drug-likeness (QED) is 0.726. The zero-order valence-electron chi connectivity index (χ0n) is 12.5. The molecule has 1 heterocycles. The van der Waals surface area contributed by atoms with Gasteiger partial charge < -0.3 is 25.6 Å². The first-order valence-electron chi connectivity index (χ1n) is 7.18. The molecular formula is C15H23FN2O3. The minimum atomic E-state index is -0.489. The Kier molecular flexibility index (Phi) is 4.90. The Morgan fingerprint density at radius 2 is 2.10 bits per heavy atom. The van der Waals surface area contributed by atoms with Gasteiger partial charge in [0.1, 0.15) is 0 Å². The SMILES string of the molecule is CC(C)Oc1cc(NC2(CO)CCOCC2)c(N)cc1F. The van der Waals surface area contributed by atoms with Crippen LogP contribution in [0.15, 0.2) is 12.1 Å². The molecule has 1 saturated heterocycles. The highest BCUT2D eigenvalue weighted by Crippen LogP contribution is 2.33. The summed E-state index contributed by atoms with van der Waals surface area (Å²) in [5, 5.41) is 13.0. The summed E-state index contributed by atoms with van der Waals surface area (Å²) < 4.78 is 24.6. The van der Waals surface area contributed by atoms with Crippen LogP contribution < -0.4 is 15.8 Å². The molecule has 118 valence electrons. The van der Waals surface area contributed by atoms with Crippen molar-refractivity contribution in [2.75, 3.05) is 30.9 Å². The first-order valence-corrected chi connectivity index (χ1v) is 7.18. The number of hydrogen-bond acceptors (Lipinski definition) is 5. The van der Waals surface area contributed by atoms with E-state index in [9.17, 15) is 9.50 Å². The van der Waals surface area contributed by atoms with Crippen molar-refractivity contribution in [2.24, 2.45) is 0 Å². The van der Waals surface area contributed by atoms with Crippen molar-refractivity contribution in [1.29, 1.82) is 0 Å². The lowest BCUT2D eigenvalue weighted by molar-refractivity contribution is 0.0380. The van der Waals surface area contributed by atoms with Gasteiger partial charge in [0.2, 0.25) is 0 Å². The van der Waals surface area contributed by atoms with Crippen LogP contribution in [0.5, 0.6) is 5.75 Å². The van der Waals surface area contributed by atoms with Gasteiger partial charge in [0, 0.05) is 25.3 Å². The summed E-state index contributed by atoms with van der Waals surface area (Å²) in [7, 11) is 0. The fourth-order valence-electron chi connectivity index (χ4n) is 2.39. The third-order valence-corrected chi connectivity index (χ3v) is 3.62. The smallest absolute Gasteiger partial charge is 0.167 e. The van der Waals surface area contributed by atoms with Crippen molar-refractivity contribution >= 4 is 11.4 Å². The van der Waals surface area contributed by atoms with Crippen LogP contribution in [0.3, 0.4) is 0 Å². The predicted octanol–water partition coefficient (Wildman–Crippen LogP) is 2.15. The maximum Gasteiger partial charge on any atom is 0.167 e. The van der Waals surface area contributed by atoms with Crippen molar-refractivity contribution in [3.8, 4) is 5.75 Å². The van der Waals surface area contributed by atoms with Crippen LogP contribution in [0.25, 0.3) is 0 Å². The second-order valence-corrected chi connectivity index (χ2v) is 5.71. The average Bonchev–Trinajstić information content (AvgIpc) is 2.44. The Bertz CT molecular complexity index is 488. The van der Waals surface area contributed by atoms with Gasteiger partial charge in [0.25, 0.3) is 0 Å². The average molecular weight is 298 g/mol. The van der Waals surface area contributed by atoms with E-state index >= 15 is 0 Å². The van der Waals surface area contributed by atoms with Gasteiger partial charge in [-0.15, -0.1) is 0 Å². The van der Waals surface area contributed by atoms with Crippen LogP contribution >= 0.6 is 0 Å². The number of nitrogens with two attached hydrogens (primary N) is 1. The molecule has 1 fully saturated rings. The number of aliphatic hydroxyl groups is 1. The van der Waals surface area contributed by atoms with E-state index in [0.717, 1.165) is 0 Å². The molecule has 0 spiro atoms. The molecule has 1 aromatic carbocycles. The lowest BCUT2D eigenvalue weighted by Crippen LogP contribution is -2.47. The molecule has 1 aliphatic rings. The molecule has 0 unspecified atom stereocenters. The van der Waals surface area contributed by atoms with Crippen molar-refractivity contribution in [2.45, 2.75) is 38.3 Å². The number of hydrogen-bond donors (Lipinski definition) is 3. The highest BCUT2D eigenvalue weighted by molar-refractivity contribution is 5.69. The Balaban J connectivity index is 2.25. The molecule has 2 rings (SSSR count). The molecule has 0 saturated carbocycles. The molecule has 0 bridgehead atoms. The normalized spacial score (nSPS) is 17.8. The van der Waals surface area contributed by atoms with Gasteiger partial charge in [-0.2, -0.15) is 0 Å². The maximum atomic E-state index is 13.8. The Labute approximate surface area is 124 Å². The summed E-state index contributed by atoms with van der Waals surface area (Å²) >= 11 is 0. The fourth-order valence-corrected chi connectivity index (χ4v) is 2.39. The van der Waals surface area contributed by atoms with E-state index in [1.165, 1.54) is 6.07 Å². The molecule has 1 aliphatic heterocycles. The van der Waals surface area contributed by atoms with E-state index in [1.807, 2.05) is 13.8 Å². The van der Waals surface area contributed by atoms with Gasteiger partial charge in [-0.1, -0.05) is 0 Å². The molecule has 0 radical (unpaired) electrons. The van der Waals surface area contributed by atoms with Gasteiger partial charge in [-0.3, -0.25) is 0 Å². The van der Waals surface area contributed by atoms with Crippen LogP contribution in [0.4, 0.5) is 15.8 Å². The molecule has 5 nitrogen and oxygen atoms in total. The molecule has 0 aliphatic carbocycles. The first kappa shape index (κ1) is 15.9. The van der Waals surface area contributed by atoms with Crippen LogP contribution in [-0.2, 0) is 4.74 Å². The lowest BCUT2D eigenvalue weighted by Gasteiger charge is -2.37. The van der Waals surface area contributed by atoms with E-state index in [4.69, 9.17) is 15.2 Å². The van der Waals surface area contributed by atoms with Gasteiger partial charge >= 0.3 is 0 Å². The standard InChI is InChI=1S/C15H23FN2O3/c1-10(2)21-14-8-13(12(17)7-11(14)16)18-15(9-19)3-5-20-6-4-15/h7-8,10,18-19H,3-6,9,17H2,1-2H3. The number of nitrogen functional groups attached to an aromatic ring is 1. The zero-order chi connectivity index (χ0) is 15.5. The molecule has 4 N–H and O–H groups in total. The summed E-state index contributed by atoms with van der Waals surface area (Å²) in [5.41, 5.74) is 6.26. The van der Waals surface area contributed by atoms with Crippen LogP contribution in [0, 0.1) is 5.82 Å². The number of nitrogens with one attached hydrogen (secondary N) is 1. The van der Waals surface area contributed by atoms with E-state index in [2.05, 4.69) is 5.32 Å². The van der Waals surface area contributed by atoms with E-state index in [1.54, 1.807) is 6.07 Å². The van der Waals surface area contributed by atoms with Crippen molar-refractivity contribution in [1.82, 2.24) is 0 Å². The largest absolute Gasteiger partial charge is 0.488 e. The van der Waals surface area contributed by atoms with Crippen molar-refractivity contribution < 1.29 is 19.0 Å². The van der Waals surface area contributed by atoms with Crippen LogP contribution in [0.1, 0.15) is 26.7 Å². The summed E-state index contributed by atoms with van der Waals surface area (Å²) in [4.78, 5) is 0. The molecule has 1 aromatic rings. The van der Waals surface area contributed by atoms with Crippen LogP contribution in [-0.4, -0.2) is 36.6 Å². The van der Waals surface area contributed by atoms with Gasteiger partial charge in [0.15, 0.2) is 11.6 Å². The molecule has 0 aromatic heterocycles. The summed E-state index contributed by atoms with van der Waals surface area (Å²) in [6, 6.07) is 2.79. The summed E-state index contributed by atoms with van der Waals surface area (Å²) in [6.07, 6.45) is 1.20. The second kappa shape index (κ2) is 6.49. The first-order chi connectivity index (χ1) is 9.96. The summed E-state index contributed by atoms with van der Waals surface area (Å²) in [6.45, 7) is 4.77. The molecule has 0 amide bonds. The van der Waals surface area contributed by atoms with Gasteiger partial charge in [0.05, 0.1) is 29.6 Å². The third kappa shape index (κ3) is 3.77. The zero-order valence-corrected chi connectivity index (χ0v) is 12.5. The highest BCUT2D eigenvalue weighted by Gasteiger charge is 2.32. The van der Waals surface area contributed by atoms with Crippen molar-refractivity contribution in [3.05, 3.63) is 17.9 Å². The number of halogens is 1. The highest BCUT2D eigenvalue weighted by atomic mass is 19.1. The third-order valence-electron chi connectivity index (χ3n) is 3.62. The number of ether oxygens (including phenoxy) is 2. The minimum absolute atomic E-state index is 0.0342. The van der Waals surface area contributed by atoms with Gasteiger partial charge in [-0.25, -0.2) is 4.39 Å². The topological polar surface area (TPSA) is 76.7 Å². The van der Waals surface area contributed by atoms with Crippen molar-refractivity contribution in [3.63, 3.8) is 0 Å². The Morgan fingerprint density at radius 1 is 1.43 bits per heavy atom. The predicted molar refractivity (Wildman–Crippen MR) is 80.1 cm³/mol. The Morgan fingerprint density at radius 3 is 2.67 bits per heavy atom. The number of rotatable bonds is 5. The summed E-state index contributed by atoms with van der Waals surface area (Å²) in [5.74, 6) is -0.335. The fraction of sp³-hybridized carbons (Fsp3) is 0.600. The number of benzene rings is 1. The lowest BCUT2D eigenvalue weighted by atomic mass is 9.90. The minimum Gasteiger partial charge on any atom is -0.488 e. The van der Waals surface area contributed by atoms with E-state index < -0.39 is 11.4 Å². The molecule has 21 heavy (non-hydrogen) atoms. The van der Waals surface area contributed by atoms with Gasteiger partial charge in [-0.05, 0) is 26.7 Å². The van der Waals surface area contributed by atoms with E-state index in [0.29, 0.717) is 37.4 Å². The monoisotopic (exact) mass is 298 g/mol. The molecule has 6 heteroatoms. The Hall–Kier alpha value is -1.53. The molecular weight excluding hydrogens is 275 g/mol. The van der Waals surface area contributed by atoms with Crippen LogP contribution in [0.2, 0.25) is 0 Å². The maximum absolute atomic E-state index is 13.8. The second-order valence-electron chi connectivity index (χ2n) is 5.71. The number of aliphatic hydroxyl groups excluding tert-OH is 1. The molecule has 0 atom stereocenters. The van der Waals surface area contributed by atoms with E-state index in [-0.39, 0.29) is 18.5 Å². The number of anilines is 2.